The molecule has 3 aliphatic rings. The highest BCUT2D eigenvalue weighted by molar-refractivity contribution is 8.02. The molecule has 0 aromatic rings. The molecule has 3 rings (SSSR count). The van der Waals surface area contributed by atoms with Crippen LogP contribution < -0.4 is 0 Å². The lowest BCUT2D eigenvalue weighted by Crippen LogP contribution is -2.43. The summed E-state index contributed by atoms with van der Waals surface area (Å²) in [6, 6.07) is 0. The van der Waals surface area contributed by atoms with Crippen molar-refractivity contribution >= 4 is 23.3 Å². The highest BCUT2D eigenvalue weighted by Crippen LogP contribution is 2.48. The number of oxime groups is 1. The lowest BCUT2D eigenvalue weighted by molar-refractivity contribution is -0.121. The summed E-state index contributed by atoms with van der Waals surface area (Å²) in [7, 11) is 0. The van der Waals surface area contributed by atoms with Gasteiger partial charge in [0.1, 0.15) is 11.4 Å². The van der Waals surface area contributed by atoms with E-state index in [0.29, 0.717) is 18.3 Å². The molecule has 4 heteroatoms. The molecule has 1 saturated carbocycles. The van der Waals surface area contributed by atoms with Gasteiger partial charge < -0.3 is 4.84 Å². The molecule has 0 unspecified atom stereocenters. The van der Waals surface area contributed by atoms with Gasteiger partial charge in [0.15, 0.2) is 5.78 Å². The molecule has 3 nitrogen and oxygen atoms in total. The number of fused-ring (bicyclic) bond motifs is 2. The van der Waals surface area contributed by atoms with Crippen LogP contribution in [0.25, 0.3) is 0 Å². The van der Waals surface area contributed by atoms with Crippen molar-refractivity contribution in [3.63, 3.8) is 0 Å². The maximum Gasteiger partial charge on any atom is 0.154 e. The lowest BCUT2D eigenvalue weighted by Gasteiger charge is -2.30. The van der Waals surface area contributed by atoms with Crippen molar-refractivity contribution in [3.05, 3.63) is 0 Å². The molecule has 2 aliphatic heterocycles. The molecule has 0 N–H and O–H groups in total. The Bertz CT molecular complexity index is 311. The largest absolute Gasteiger partial charge is 0.395 e. The first-order chi connectivity index (χ1) is 6.83. The number of carbonyl (C=O) groups is 1. The summed E-state index contributed by atoms with van der Waals surface area (Å²) in [6.07, 6.45) is 3.93. The third-order valence-electron chi connectivity index (χ3n) is 3.40. The van der Waals surface area contributed by atoms with Gasteiger partial charge in [0.05, 0.1) is 5.71 Å². The van der Waals surface area contributed by atoms with E-state index in [1.165, 1.54) is 0 Å². The van der Waals surface area contributed by atoms with Crippen LogP contribution in [-0.4, -0.2) is 28.6 Å². The van der Waals surface area contributed by atoms with Crippen LogP contribution in [-0.2, 0) is 9.63 Å². The molecule has 1 aliphatic carbocycles. The van der Waals surface area contributed by atoms with Gasteiger partial charge in [-0.15, -0.1) is 11.8 Å². The maximum atomic E-state index is 12.0. The van der Waals surface area contributed by atoms with Gasteiger partial charge in [-0.1, -0.05) is 11.6 Å². The molecular formula is C10H13NO2S. The first-order valence-corrected chi connectivity index (χ1v) is 6.19. The van der Waals surface area contributed by atoms with Crippen molar-refractivity contribution in [2.24, 2.45) is 11.1 Å². The van der Waals surface area contributed by atoms with E-state index in [0.717, 1.165) is 37.1 Å². The first-order valence-electron chi connectivity index (χ1n) is 5.20. The number of rotatable bonds is 0. The number of nitrogens with zero attached hydrogens (tertiary/aromatic N) is 1. The molecule has 1 saturated heterocycles. The van der Waals surface area contributed by atoms with Crippen LogP contribution in [0.2, 0.25) is 0 Å². The second-order valence-electron chi connectivity index (χ2n) is 4.24. The van der Waals surface area contributed by atoms with Crippen molar-refractivity contribution in [1.29, 1.82) is 0 Å². The summed E-state index contributed by atoms with van der Waals surface area (Å²) in [4.78, 5) is 17.1. The van der Waals surface area contributed by atoms with Crippen LogP contribution in [0.1, 0.15) is 25.7 Å². The van der Waals surface area contributed by atoms with E-state index in [-0.39, 0.29) is 4.75 Å². The lowest BCUT2D eigenvalue weighted by atomic mass is 9.80. The van der Waals surface area contributed by atoms with Crippen molar-refractivity contribution in [2.45, 2.75) is 30.4 Å². The van der Waals surface area contributed by atoms with Crippen LogP contribution in [0.4, 0.5) is 0 Å². The van der Waals surface area contributed by atoms with E-state index >= 15 is 0 Å². The van der Waals surface area contributed by atoms with E-state index in [1.807, 2.05) is 0 Å². The smallest absolute Gasteiger partial charge is 0.154 e. The van der Waals surface area contributed by atoms with Crippen LogP contribution >= 0.6 is 11.8 Å². The van der Waals surface area contributed by atoms with Gasteiger partial charge in [-0.3, -0.25) is 4.79 Å². The van der Waals surface area contributed by atoms with Gasteiger partial charge in [0.25, 0.3) is 0 Å². The SMILES string of the molecule is O=C1CCCC[C@]12SC[C@H]1CON=C12. The Morgan fingerprint density at radius 2 is 2.43 bits per heavy atom. The first kappa shape index (κ1) is 8.77. The fourth-order valence-corrected chi connectivity index (χ4v) is 4.27. The van der Waals surface area contributed by atoms with E-state index in [1.54, 1.807) is 11.8 Å². The van der Waals surface area contributed by atoms with Gasteiger partial charge >= 0.3 is 0 Å². The standard InChI is InChI=1S/C10H13NO2S/c12-8-3-1-2-4-10(8)9-7(6-14-10)5-13-11-9/h7H,1-6H2/t7-,10+/m1/s1. The highest BCUT2D eigenvalue weighted by Gasteiger charge is 2.54. The minimum Gasteiger partial charge on any atom is -0.395 e. The number of hydrogen-bond donors (Lipinski definition) is 0. The Morgan fingerprint density at radius 3 is 3.29 bits per heavy atom. The number of ketones is 1. The minimum atomic E-state index is -0.264. The predicted octanol–water partition coefficient (Wildman–Crippen LogP) is 1.62. The van der Waals surface area contributed by atoms with E-state index in [2.05, 4.69) is 5.16 Å². The van der Waals surface area contributed by atoms with E-state index < -0.39 is 0 Å². The Labute approximate surface area is 87.3 Å². The maximum absolute atomic E-state index is 12.0. The molecule has 2 fully saturated rings. The topological polar surface area (TPSA) is 38.7 Å². The summed E-state index contributed by atoms with van der Waals surface area (Å²) in [5, 5.41) is 4.10. The average Bonchev–Trinajstić information content (AvgIpc) is 2.75. The van der Waals surface area contributed by atoms with Gasteiger partial charge in [0.2, 0.25) is 0 Å². The average molecular weight is 211 g/mol. The molecule has 0 amide bonds. The second kappa shape index (κ2) is 2.99. The zero-order chi connectivity index (χ0) is 9.60. The van der Waals surface area contributed by atoms with Crippen molar-refractivity contribution in [1.82, 2.24) is 0 Å². The fraction of sp³-hybridized carbons (Fsp3) is 0.800. The van der Waals surface area contributed by atoms with Crippen LogP contribution in [0, 0.1) is 5.92 Å². The normalized spacial score (nSPS) is 41.0. The van der Waals surface area contributed by atoms with Crippen LogP contribution in [0.3, 0.4) is 0 Å². The molecule has 14 heavy (non-hydrogen) atoms. The third-order valence-corrected chi connectivity index (χ3v) is 5.11. The molecule has 76 valence electrons. The summed E-state index contributed by atoms with van der Waals surface area (Å²) < 4.78 is -0.264. The summed E-state index contributed by atoms with van der Waals surface area (Å²) >= 11 is 1.81. The van der Waals surface area contributed by atoms with E-state index in [4.69, 9.17) is 4.84 Å². The van der Waals surface area contributed by atoms with Crippen molar-refractivity contribution < 1.29 is 9.63 Å². The molecule has 2 heterocycles. The Hall–Kier alpha value is -0.510. The Morgan fingerprint density at radius 1 is 1.50 bits per heavy atom. The molecule has 0 bridgehead atoms. The highest BCUT2D eigenvalue weighted by atomic mass is 32.2. The molecule has 2 atom stereocenters. The minimum absolute atomic E-state index is 0.264. The van der Waals surface area contributed by atoms with E-state index in [9.17, 15) is 4.79 Å². The molecular weight excluding hydrogens is 198 g/mol. The monoisotopic (exact) mass is 211 g/mol. The number of Topliss-reactive ketones (excluding diaryl/α,β-unsaturated/α-hetero) is 1. The van der Waals surface area contributed by atoms with Gasteiger partial charge in [-0.05, 0) is 12.8 Å². The Kier molecular flexibility index (Phi) is 1.87. The zero-order valence-electron chi connectivity index (χ0n) is 7.99. The van der Waals surface area contributed by atoms with Crippen molar-refractivity contribution in [3.8, 4) is 0 Å². The third kappa shape index (κ3) is 1.00. The van der Waals surface area contributed by atoms with Crippen LogP contribution in [0.5, 0.6) is 0 Å². The van der Waals surface area contributed by atoms with Gasteiger partial charge in [0, 0.05) is 18.1 Å². The second-order valence-corrected chi connectivity index (χ2v) is 5.56. The number of carbonyl (C=O) groups excluding carboxylic acids is 1. The van der Waals surface area contributed by atoms with Crippen molar-refractivity contribution in [2.75, 3.05) is 12.4 Å². The Balaban J connectivity index is 1.98. The molecule has 0 aromatic carbocycles. The zero-order valence-corrected chi connectivity index (χ0v) is 8.81. The quantitative estimate of drug-likeness (QED) is 0.611. The number of hydrogen-bond acceptors (Lipinski definition) is 4. The predicted molar refractivity (Wildman–Crippen MR) is 55.5 cm³/mol. The molecule has 1 spiro atoms. The summed E-state index contributed by atoms with van der Waals surface area (Å²) in [5.41, 5.74) is 1.05. The number of thioether (sulfide) groups is 1. The van der Waals surface area contributed by atoms with Gasteiger partial charge in [-0.2, -0.15) is 0 Å². The molecule has 0 radical (unpaired) electrons. The fourth-order valence-electron chi connectivity index (χ4n) is 2.62. The molecule has 0 aromatic heterocycles. The van der Waals surface area contributed by atoms with Gasteiger partial charge in [-0.25, -0.2) is 0 Å². The van der Waals surface area contributed by atoms with Crippen LogP contribution in [0.15, 0.2) is 5.16 Å². The summed E-state index contributed by atoms with van der Waals surface area (Å²) in [6.45, 7) is 0.692. The summed E-state index contributed by atoms with van der Waals surface area (Å²) in [5.74, 6) is 1.83.